The fraction of sp³-hybridized carbons (Fsp3) is 0.0909. The van der Waals surface area contributed by atoms with Crippen LogP contribution in [0.3, 0.4) is 0 Å². The first-order valence-electron chi connectivity index (χ1n) is 9.06. The fourth-order valence-electron chi connectivity index (χ4n) is 2.81. The molecular formula is C22H19ClN2O4S. The number of nitrogens with one attached hydrogen (secondary N) is 1. The summed E-state index contributed by atoms with van der Waals surface area (Å²) in [7, 11) is -3.74. The van der Waals surface area contributed by atoms with Crippen LogP contribution in [0.15, 0.2) is 84.0 Å². The molecular weight excluding hydrogens is 424 g/mol. The summed E-state index contributed by atoms with van der Waals surface area (Å²) in [6.07, 6.45) is 5.59. The lowest BCUT2D eigenvalue weighted by Gasteiger charge is -2.11. The Morgan fingerprint density at radius 3 is 2.33 bits per heavy atom. The number of halogens is 1. The molecule has 0 spiro atoms. The third-order valence-corrected chi connectivity index (χ3v) is 5.90. The number of carboxylic acids is 1. The Bertz CT molecular complexity index is 1140. The van der Waals surface area contributed by atoms with Crippen LogP contribution in [0, 0.1) is 0 Å². The Hall–Kier alpha value is -3.16. The highest BCUT2D eigenvalue weighted by atomic mass is 35.5. The minimum atomic E-state index is -3.74. The number of anilines is 1. The number of sulfonamides is 1. The van der Waals surface area contributed by atoms with E-state index in [1.54, 1.807) is 42.7 Å². The summed E-state index contributed by atoms with van der Waals surface area (Å²) in [5, 5.41) is 9.36. The number of rotatable bonds is 8. The van der Waals surface area contributed by atoms with Crippen LogP contribution < -0.4 is 4.72 Å². The molecule has 8 heteroatoms. The van der Waals surface area contributed by atoms with E-state index in [1.807, 2.05) is 12.1 Å². The van der Waals surface area contributed by atoms with Gasteiger partial charge in [0.25, 0.3) is 10.0 Å². The zero-order valence-electron chi connectivity index (χ0n) is 15.8. The molecule has 0 saturated heterocycles. The molecule has 0 aliphatic carbocycles. The van der Waals surface area contributed by atoms with Gasteiger partial charge in [0.2, 0.25) is 0 Å². The van der Waals surface area contributed by atoms with E-state index in [1.165, 1.54) is 24.3 Å². The van der Waals surface area contributed by atoms with Crippen molar-refractivity contribution in [2.24, 2.45) is 0 Å². The molecule has 0 atom stereocenters. The lowest BCUT2D eigenvalue weighted by atomic mass is 9.97. The van der Waals surface area contributed by atoms with Crippen LogP contribution in [0.5, 0.6) is 0 Å². The molecule has 0 bridgehead atoms. The highest BCUT2D eigenvalue weighted by Crippen LogP contribution is 2.26. The maximum Gasteiger partial charge on any atom is 0.303 e. The van der Waals surface area contributed by atoms with E-state index in [4.69, 9.17) is 16.7 Å². The van der Waals surface area contributed by atoms with Crippen LogP contribution in [0.4, 0.5) is 5.69 Å². The zero-order valence-corrected chi connectivity index (χ0v) is 17.4. The molecule has 2 N–H and O–H groups in total. The highest BCUT2D eigenvalue weighted by Gasteiger charge is 2.14. The maximum atomic E-state index is 12.5. The second-order valence-electron chi connectivity index (χ2n) is 6.43. The Balaban J connectivity index is 1.84. The standard InChI is InChI=1S/C22H19ClN2O4S/c23-18-8-12-20(13-9-18)30(28,29)25-19-10-6-16(7-11-19)21(4-1-5-22(26)27)17-3-2-14-24-15-17/h2-4,6-15,25H,1,5H2,(H,26,27)/b21-4-. The minimum Gasteiger partial charge on any atom is -0.481 e. The molecule has 0 aliphatic rings. The zero-order chi connectivity index (χ0) is 21.6. The summed E-state index contributed by atoms with van der Waals surface area (Å²) in [5.41, 5.74) is 2.90. The Morgan fingerprint density at radius 1 is 1.03 bits per heavy atom. The normalized spacial score (nSPS) is 11.8. The van der Waals surface area contributed by atoms with Crippen molar-refractivity contribution in [3.63, 3.8) is 0 Å². The molecule has 30 heavy (non-hydrogen) atoms. The van der Waals surface area contributed by atoms with Gasteiger partial charge in [-0.15, -0.1) is 0 Å². The van der Waals surface area contributed by atoms with E-state index in [2.05, 4.69) is 9.71 Å². The average Bonchev–Trinajstić information content (AvgIpc) is 2.72. The van der Waals surface area contributed by atoms with Gasteiger partial charge in [-0.1, -0.05) is 35.9 Å². The number of aromatic nitrogens is 1. The number of carboxylic acid groups (broad SMARTS) is 1. The van der Waals surface area contributed by atoms with E-state index >= 15 is 0 Å². The number of allylic oxidation sites excluding steroid dienone is 1. The van der Waals surface area contributed by atoms with Crippen LogP contribution in [0.25, 0.3) is 5.57 Å². The molecule has 3 aromatic rings. The van der Waals surface area contributed by atoms with Gasteiger partial charge < -0.3 is 5.11 Å². The van der Waals surface area contributed by atoms with Gasteiger partial charge in [-0.25, -0.2) is 8.42 Å². The predicted octanol–water partition coefficient (Wildman–Crippen LogP) is 4.83. The number of hydrogen-bond acceptors (Lipinski definition) is 4. The van der Waals surface area contributed by atoms with Crippen LogP contribution in [-0.4, -0.2) is 24.5 Å². The molecule has 1 aromatic heterocycles. The van der Waals surface area contributed by atoms with E-state index in [0.717, 1.165) is 16.7 Å². The van der Waals surface area contributed by atoms with Gasteiger partial charge in [-0.05, 0) is 60.0 Å². The monoisotopic (exact) mass is 442 g/mol. The average molecular weight is 443 g/mol. The Kier molecular flexibility index (Phi) is 6.87. The van der Waals surface area contributed by atoms with E-state index in [-0.39, 0.29) is 11.3 Å². The number of benzene rings is 2. The van der Waals surface area contributed by atoms with Crippen molar-refractivity contribution in [1.29, 1.82) is 0 Å². The topological polar surface area (TPSA) is 96.4 Å². The lowest BCUT2D eigenvalue weighted by molar-refractivity contribution is -0.136. The van der Waals surface area contributed by atoms with E-state index < -0.39 is 16.0 Å². The molecule has 154 valence electrons. The number of carbonyl (C=O) groups is 1. The number of pyridine rings is 1. The largest absolute Gasteiger partial charge is 0.481 e. The summed E-state index contributed by atoms with van der Waals surface area (Å²) in [6, 6.07) is 16.5. The highest BCUT2D eigenvalue weighted by molar-refractivity contribution is 7.92. The van der Waals surface area contributed by atoms with Crippen molar-refractivity contribution in [3.8, 4) is 0 Å². The maximum absolute atomic E-state index is 12.5. The van der Waals surface area contributed by atoms with Crippen molar-refractivity contribution in [2.75, 3.05) is 4.72 Å². The molecule has 0 fully saturated rings. The van der Waals surface area contributed by atoms with Crippen molar-refractivity contribution in [1.82, 2.24) is 4.98 Å². The van der Waals surface area contributed by atoms with Crippen molar-refractivity contribution < 1.29 is 18.3 Å². The van der Waals surface area contributed by atoms with Gasteiger partial charge in [0.15, 0.2) is 0 Å². The van der Waals surface area contributed by atoms with Crippen LogP contribution in [-0.2, 0) is 14.8 Å². The smallest absolute Gasteiger partial charge is 0.303 e. The predicted molar refractivity (Wildman–Crippen MR) is 117 cm³/mol. The lowest BCUT2D eigenvalue weighted by Crippen LogP contribution is -2.12. The summed E-state index contributed by atoms with van der Waals surface area (Å²) in [5.74, 6) is -0.872. The first-order chi connectivity index (χ1) is 14.3. The number of aliphatic carboxylic acids is 1. The van der Waals surface area contributed by atoms with Crippen molar-refractivity contribution in [3.05, 3.63) is 95.3 Å². The summed E-state index contributed by atoms with van der Waals surface area (Å²) >= 11 is 5.82. The second-order valence-corrected chi connectivity index (χ2v) is 8.55. The molecule has 0 amide bonds. The third-order valence-electron chi connectivity index (χ3n) is 4.25. The summed E-state index contributed by atoms with van der Waals surface area (Å²) < 4.78 is 27.6. The van der Waals surface area contributed by atoms with Gasteiger partial charge in [-0.3, -0.25) is 14.5 Å². The van der Waals surface area contributed by atoms with Gasteiger partial charge >= 0.3 is 5.97 Å². The molecule has 0 unspecified atom stereocenters. The molecule has 2 aromatic carbocycles. The van der Waals surface area contributed by atoms with Gasteiger partial charge in [-0.2, -0.15) is 0 Å². The van der Waals surface area contributed by atoms with Crippen LogP contribution in [0.2, 0.25) is 5.02 Å². The molecule has 0 saturated carbocycles. The quantitative estimate of drug-likeness (QED) is 0.520. The number of nitrogens with zero attached hydrogens (tertiary/aromatic N) is 1. The van der Waals surface area contributed by atoms with Crippen molar-refractivity contribution in [2.45, 2.75) is 17.7 Å². The molecule has 0 radical (unpaired) electrons. The molecule has 1 heterocycles. The first-order valence-corrected chi connectivity index (χ1v) is 10.9. The second kappa shape index (κ2) is 9.56. The Labute approximate surface area is 179 Å². The fourth-order valence-corrected chi connectivity index (χ4v) is 3.99. The summed E-state index contributed by atoms with van der Waals surface area (Å²) in [4.78, 5) is 15.1. The SMILES string of the molecule is O=C(O)CC/C=C(/c1ccc(NS(=O)(=O)c2ccc(Cl)cc2)cc1)c1cccnc1. The van der Waals surface area contributed by atoms with Gasteiger partial charge in [0, 0.05) is 35.1 Å². The third kappa shape index (κ3) is 5.68. The Morgan fingerprint density at radius 2 is 1.73 bits per heavy atom. The minimum absolute atomic E-state index is 0.0166. The molecule has 0 aliphatic heterocycles. The van der Waals surface area contributed by atoms with E-state index in [0.29, 0.717) is 17.1 Å². The van der Waals surface area contributed by atoms with Gasteiger partial charge in [0.1, 0.15) is 0 Å². The van der Waals surface area contributed by atoms with Gasteiger partial charge in [0.05, 0.1) is 4.90 Å². The van der Waals surface area contributed by atoms with Crippen LogP contribution in [0.1, 0.15) is 24.0 Å². The molecule has 3 rings (SSSR count). The summed E-state index contributed by atoms with van der Waals surface area (Å²) in [6.45, 7) is 0. The van der Waals surface area contributed by atoms with E-state index in [9.17, 15) is 13.2 Å². The molecule has 6 nitrogen and oxygen atoms in total. The number of hydrogen-bond donors (Lipinski definition) is 2. The first kappa shape index (κ1) is 21.5. The van der Waals surface area contributed by atoms with Crippen LogP contribution >= 0.6 is 11.6 Å². The van der Waals surface area contributed by atoms with Crippen molar-refractivity contribution >= 4 is 38.9 Å².